The molecule has 0 aliphatic heterocycles. The van der Waals surface area contributed by atoms with Crippen LogP contribution in [0, 0.1) is 11.8 Å². The molecule has 1 rings (SSSR count). The Labute approximate surface area is 109 Å². The van der Waals surface area contributed by atoms with E-state index in [1.807, 2.05) is 6.20 Å². The van der Waals surface area contributed by atoms with Crippen LogP contribution >= 0.6 is 0 Å². The van der Waals surface area contributed by atoms with Gasteiger partial charge in [-0.25, -0.2) is 18.0 Å². The van der Waals surface area contributed by atoms with Crippen LogP contribution in [0.5, 0.6) is 0 Å². The molecule has 106 valence electrons. The van der Waals surface area contributed by atoms with Gasteiger partial charge in [0.25, 0.3) is 5.82 Å². The van der Waals surface area contributed by atoms with Crippen molar-refractivity contribution in [3.05, 3.63) is 18.2 Å². The maximum atomic E-state index is 8.63. The first-order valence-electron chi connectivity index (χ1n) is 5.83. The fourth-order valence-electron chi connectivity index (χ4n) is 1.52. The third-order valence-corrected chi connectivity index (χ3v) is 2.01. The number of rotatable bonds is 4. The summed E-state index contributed by atoms with van der Waals surface area (Å²) in [4.78, 5) is 3.31. The van der Waals surface area contributed by atoms with Crippen LogP contribution in [-0.2, 0) is 23.4 Å². The molecule has 1 aromatic rings. The van der Waals surface area contributed by atoms with Gasteiger partial charge in [-0.15, -0.1) is 0 Å². The van der Waals surface area contributed by atoms with E-state index >= 15 is 0 Å². The van der Waals surface area contributed by atoms with Crippen LogP contribution in [0.3, 0.4) is 0 Å². The number of hydrogen-bond acceptors (Lipinski definition) is 3. The highest BCUT2D eigenvalue weighted by Crippen LogP contribution is 2.01. The summed E-state index contributed by atoms with van der Waals surface area (Å²) in [6, 6.07) is 0. The fraction of sp³-hybridized carbons (Fsp3) is 0.727. The average molecular weight is 278 g/mol. The standard InChI is InChI=1S/C11H20N2.H2O4S/c1-9(2)7-11-12-5-6-13(11)8-10(3)4;1-5(2,3)4/h5-6,9-10H,7-8H2,1-4H3;(H2,1,2,3,4). The van der Waals surface area contributed by atoms with Gasteiger partial charge in [-0.1, -0.05) is 27.7 Å². The quantitative estimate of drug-likeness (QED) is 0.490. The molecule has 0 saturated heterocycles. The Hall–Kier alpha value is -0.920. The number of nitrogens with zero attached hydrogens (tertiary/aromatic N) is 1. The van der Waals surface area contributed by atoms with Gasteiger partial charge in [-0.3, -0.25) is 4.55 Å². The van der Waals surface area contributed by atoms with E-state index < -0.39 is 10.4 Å². The molecule has 6 nitrogen and oxygen atoms in total. The minimum absolute atomic E-state index is 0.715. The Balaban J connectivity index is 0.000000494. The van der Waals surface area contributed by atoms with Crippen molar-refractivity contribution in [1.29, 1.82) is 0 Å². The van der Waals surface area contributed by atoms with Gasteiger partial charge < -0.3 is 4.55 Å². The lowest BCUT2D eigenvalue weighted by atomic mass is 10.1. The first-order valence-corrected chi connectivity index (χ1v) is 7.20. The number of aromatic nitrogens is 2. The zero-order valence-corrected chi connectivity index (χ0v) is 12.1. The van der Waals surface area contributed by atoms with E-state index in [0.717, 1.165) is 18.9 Å². The summed E-state index contributed by atoms with van der Waals surface area (Å²) in [6.07, 6.45) is 5.30. The van der Waals surface area contributed by atoms with Crippen molar-refractivity contribution in [2.45, 2.75) is 40.7 Å². The normalized spacial score (nSPS) is 11.6. The predicted octanol–water partition coefficient (Wildman–Crippen LogP) is 1.16. The average Bonchev–Trinajstić information content (AvgIpc) is 2.47. The van der Waals surface area contributed by atoms with Crippen LogP contribution in [0.25, 0.3) is 0 Å². The molecule has 1 aromatic heterocycles. The summed E-state index contributed by atoms with van der Waals surface area (Å²) in [5.41, 5.74) is 0. The van der Waals surface area contributed by atoms with E-state index in [-0.39, 0.29) is 0 Å². The molecular weight excluding hydrogens is 256 g/mol. The molecule has 0 spiro atoms. The Kier molecular flexibility index (Phi) is 7.12. The predicted molar refractivity (Wildman–Crippen MR) is 66.7 cm³/mol. The molecule has 0 radical (unpaired) electrons. The summed E-state index contributed by atoms with van der Waals surface area (Å²) >= 11 is 0. The Morgan fingerprint density at radius 1 is 1.33 bits per heavy atom. The molecule has 0 unspecified atom stereocenters. The molecule has 7 heteroatoms. The summed E-state index contributed by atoms with van der Waals surface area (Å²) in [6.45, 7) is 10.1. The number of imidazole rings is 1. The molecule has 0 bridgehead atoms. The smallest absolute Gasteiger partial charge is 0.254 e. The van der Waals surface area contributed by atoms with Crippen molar-refractivity contribution in [2.24, 2.45) is 11.8 Å². The van der Waals surface area contributed by atoms with Crippen LogP contribution < -0.4 is 4.57 Å². The van der Waals surface area contributed by atoms with E-state index in [1.54, 1.807) is 0 Å². The highest BCUT2D eigenvalue weighted by Gasteiger charge is 2.12. The topological polar surface area (TPSA) is 97.1 Å². The second kappa shape index (κ2) is 7.50. The van der Waals surface area contributed by atoms with Crippen LogP contribution in [0.2, 0.25) is 0 Å². The zero-order valence-electron chi connectivity index (χ0n) is 11.3. The minimum Gasteiger partial charge on any atom is -0.726 e. The Morgan fingerprint density at radius 2 is 1.83 bits per heavy atom. The van der Waals surface area contributed by atoms with Crippen LogP contribution in [0.4, 0.5) is 0 Å². The molecule has 0 aliphatic carbocycles. The maximum absolute atomic E-state index is 8.63. The van der Waals surface area contributed by atoms with Crippen molar-refractivity contribution in [3.63, 3.8) is 0 Å². The van der Waals surface area contributed by atoms with Gasteiger partial charge in [-0.05, 0) is 11.8 Å². The van der Waals surface area contributed by atoms with Crippen molar-refractivity contribution in [1.82, 2.24) is 4.98 Å². The second-order valence-electron chi connectivity index (χ2n) is 4.98. The molecule has 0 aliphatic rings. The van der Waals surface area contributed by atoms with E-state index in [1.165, 1.54) is 5.82 Å². The fourth-order valence-corrected chi connectivity index (χ4v) is 1.52. The lowest BCUT2D eigenvalue weighted by Gasteiger charge is -2.05. The van der Waals surface area contributed by atoms with Gasteiger partial charge in [0.1, 0.15) is 12.4 Å². The first-order chi connectivity index (χ1) is 8.09. The molecule has 0 saturated carbocycles. The molecule has 18 heavy (non-hydrogen) atoms. The summed E-state index contributed by atoms with van der Waals surface area (Å²) < 4.78 is 35.2. The maximum Gasteiger partial charge on any atom is 0.254 e. The van der Waals surface area contributed by atoms with Gasteiger partial charge in [0, 0.05) is 0 Å². The van der Waals surface area contributed by atoms with Crippen LogP contribution in [0.1, 0.15) is 33.5 Å². The van der Waals surface area contributed by atoms with E-state index in [4.69, 9.17) is 17.5 Å². The van der Waals surface area contributed by atoms with E-state index in [2.05, 4.69) is 43.4 Å². The Morgan fingerprint density at radius 3 is 2.22 bits per heavy atom. The lowest BCUT2D eigenvalue weighted by Crippen LogP contribution is -2.38. The number of hydrogen-bond donors (Lipinski definition) is 2. The second-order valence-corrected chi connectivity index (χ2v) is 5.83. The molecule has 2 N–H and O–H groups in total. The highest BCUT2D eigenvalue weighted by atomic mass is 32.3. The monoisotopic (exact) mass is 278 g/mol. The largest absolute Gasteiger partial charge is 0.726 e. The van der Waals surface area contributed by atoms with Crippen molar-refractivity contribution < 1.29 is 22.1 Å². The SMILES string of the molecule is CC(C)Cc1[nH]cc[n+]1CC(C)C.O=S(=O)([O-])O. The van der Waals surface area contributed by atoms with Gasteiger partial charge in [0.2, 0.25) is 10.4 Å². The third-order valence-electron chi connectivity index (χ3n) is 2.01. The first kappa shape index (κ1) is 17.1. The molecule has 1 heterocycles. The summed E-state index contributed by atoms with van der Waals surface area (Å²) in [5, 5.41) is 0. The number of nitrogens with one attached hydrogen (secondary N) is 1. The minimum atomic E-state index is -4.92. The summed E-state index contributed by atoms with van der Waals surface area (Å²) in [5.74, 6) is 2.78. The van der Waals surface area contributed by atoms with Crippen molar-refractivity contribution in [3.8, 4) is 0 Å². The third kappa shape index (κ3) is 10.2. The van der Waals surface area contributed by atoms with Crippen molar-refractivity contribution in [2.75, 3.05) is 0 Å². The van der Waals surface area contributed by atoms with E-state index in [0.29, 0.717) is 5.92 Å². The van der Waals surface area contributed by atoms with Gasteiger partial charge >= 0.3 is 0 Å². The molecule has 0 atom stereocenters. The number of H-pyrrole nitrogens is 1. The van der Waals surface area contributed by atoms with Gasteiger partial charge in [-0.2, -0.15) is 0 Å². The van der Waals surface area contributed by atoms with Crippen molar-refractivity contribution >= 4 is 10.4 Å². The highest BCUT2D eigenvalue weighted by molar-refractivity contribution is 7.79. The zero-order chi connectivity index (χ0) is 14.3. The van der Waals surface area contributed by atoms with Crippen LogP contribution in [0.15, 0.2) is 12.4 Å². The lowest BCUT2D eigenvalue weighted by molar-refractivity contribution is -0.708. The number of aromatic amines is 1. The van der Waals surface area contributed by atoms with Crippen LogP contribution in [-0.4, -0.2) is 22.5 Å². The molecule has 0 fully saturated rings. The molecular formula is C11H22N2O4S. The van der Waals surface area contributed by atoms with E-state index in [9.17, 15) is 0 Å². The summed E-state index contributed by atoms with van der Waals surface area (Å²) in [7, 11) is -4.92. The van der Waals surface area contributed by atoms with Gasteiger partial charge in [0.05, 0.1) is 13.0 Å². The van der Waals surface area contributed by atoms with Gasteiger partial charge in [0.15, 0.2) is 0 Å². The molecule has 0 amide bonds. The Bertz CT molecular complexity index is 405. The molecule has 0 aromatic carbocycles.